The van der Waals surface area contributed by atoms with Gasteiger partial charge in [-0.3, -0.25) is 9.79 Å². The van der Waals surface area contributed by atoms with Crippen LogP contribution >= 0.6 is 0 Å². The Bertz CT molecular complexity index is 388. The van der Waals surface area contributed by atoms with Crippen LogP contribution in [0.4, 0.5) is 0 Å². The minimum absolute atomic E-state index is 0.142. The Hall–Kier alpha value is -1.16. The van der Waals surface area contributed by atoms with Crippen molar-refractivity contribution in [3.8, 4) is 0 Å². The summed E-state index contributed by atoms with van der Waals surface area (Å²) in [6, 6.07) is 0.336. The third-order valence-corrected chi connectivity index (χ3v) is 3.96. The molecule has 1 unspecified atom stereocenters. The summed E-state index contributed by atoms with van der Waals surface area (Å²) in [5.74, 6) is 0.142. The summed E-state index contributed by atoms with van der Waals surface area (Å²) in [7, 11) is 0. The van der Waals surface area contributed by atoms with Crippen LogP contribution in [0, 0.1) is 0 Å². The van der Waals surface area contributed by atoms with Crippen LogP contribution in [0.15, 0.2) is 16.6 Å². The van der Waals surface area contributed by atoms with E-state index in [4.69, 9.17) is 5.11 Å². The Morgan fingerprint density at radius 3 is 3.11 bits per heavy atom. The molecule has 2 heterocycles. The lowest BCUT2D eigenvalue weighted by Crippen LogP contribution is -2.44. The molecule has 0 spiro atoms. The smallest absolute Gasteiger partial charge is 0.255 e. The van der Waals surface area contributed by atoms with Gasteiger partial charge in [-0.2, -0.15) is 0 Å². The standard InChI is InChI=1S/C15H24N2O2/c1-12-6-2-3-10-17(12)15(19)13-7-4-9-16-14(13)8-5-11-18/h7,12,18H,2-6,8-11H2,1H3. The molecule has 19 heavy (non-hydrogen) atoms. The number of aliphatic hydroxyl groups excluding tert-OH is 1. The largest absolute Gasteiger partial charge is 0.396 e. The molecule has 2 aliphatic rings. The van der Waals surface area contributed by atoms with Crippen molar-refractivity contribution in [1.82, 2.24) is 4.90 Å². The third kappa shape index (κ3) is 3.44. The van der Waals surface area contributed by atoms with E-state index in [9.17, 15) is 4.79 Å². The van der Waals surface area contributed by atoms with Gasteiger partial charge in [0.2, 0.25) is 0 Å². The first-order valence-electron chi connectivity index (χ1n) is 7.39. The molecule has 0 aliphatic carbocycles. The lowest BCUT2D eigenvalue weighted by Gasteiger charge is -2.34. The zero-order valence-electron chi connectivity index (χ0n) is 11.8. The number of nitrogens with zero attached hydrogens (tertiary/aromatic N) is 2. The van der Waals surface area contributed by atoms with Crippen LogP contribution < -0.4 is 0 Å². The molecular formula is C15H24N2O2. The normalized spacial score (nSPS) is 23.9. The monoisotopic (exact) mass is 264 g/mol. The van der Waals surface area contributed by atoms with Crippen molar-refractivity contribution < 1.29 is 9.90 Å². The molecule has 0 aromatic heterocycles. The minimum Gasteiger partial charge on any atom is -0.396 e. The Balaban J connectivity index is 2.07. The second-order valence-corrected chi connectivity index (χ2v) is 5.41. The van der Waals surface area contributed by atoms with E-state index in [2.05, 4.69) is 11.9 Å². The highest BCUT2D eigenvalue weighted by Crippen LogP contribution is 2.21. The van der Waals surface area contributed by atoms with Gasteiger partial charge in [0.05, 0.1) is 5.57 Å². The van der Waals surface area contributed by atoms with E-state index in [1.165, 1.54) is 6.42 Å². The molecule has 0 bridgehead atoms. The summed E-state index contributed by atoms with van der Waals surface area (Å²) >= 11 is 0. The molecule has 1 fully saturated rings. The van der Waals surface area contributed by atoms with Gasteiger partial charge in [-0.15, -0.1) is 0 Å². The van der Waals surface area contributed by atoms with Crippen LogP contribution in [0.2, 0.25) is 0 Å². The number of amides is 1. The lowest BCUT2D eigenvalue weighted by molar-refractivity contribution is -0.129. The SMILES string of the molecule is CC1CCCCN1C(=O)C1=CCCN=C1CCCO. The van der Waals surface area contributed by atoms with Crippen molar-refractivity contribution in [2.75, 3.05) is 19.7 Å². The number of carbonyl (C=O) groups excluding carboxylic acids is 1. The molecule has 0 aromatic rings. The molecule has 4 heteroatoms. The number of hydrogen-bond acceptors (Lipinski definition) is 3. The van der Waals surface area contributed by atoms with Crippen molar-refractivity contribution in [1.29, 1.82) is 0 Å². The fourth-order valence-corrected chi connectivity index (χ4v) is 2.84. The number of rotatable bonds is 4. The van der Waals surface area contributed by atoms with Crippen molar-refractivity contribution in [3.05, 3.63) is 11.6 Å². The third-order valence-electron chi connectivity index (χ3n) is 3.96. The van der Waals surface area contributed by atoms with E-state index in [1.54, 1.807) is 0 Å². The molecule has 1 saturated heterocycles. The molecule has 0 aromatic carbocycles. The number of piperidine rings is 1. The molecule has 2 aliphatic heterocycles. The van der Waals surface area contributed by atoms with Gasteiger partial charge in [-0.1, -0.05) is 6.08 Å². The van der Waals surface area contributed by atoms with Crippen molar-refractivity contribution >= 4 is 11.6 Å². The van der Waals surface area contributed by atoms with Crippen LogP contribution in [0.25, 0.3) is 0 Å². The van der Waals surface area contributed by atoms with Crippen LogP contribution in [0.5, 0.6) is 0 Å². The predicted octanol–water partition coefficient (Wildman–Crippen LogP) is 1.93. The molecule has 1 amide bonds. The zero-order chi connectivity index (χ0) is 13.7. The van der Waals surface area contributed by atoms with Crippen molar-refractivity contribution in [2.45, 2.75) is 51.5 Å². The average molecular weight is 264 g/mol. The first-order chi connectivity index (χ1) is 9.24. The van der Waals surface area contributed by atoms with Crippen LogP contribution in [0.3, 0.4) is 0 Å². The van der Waals surface area contributed by atoms with Gasteiger partial charge in [-0.05, 0) is 45.4 Å². The van der Waals surface area contributed by atoms with Gasteiger partial charge >= 0.3 is 0 Å². The average Bonchev–Trinajstić information content (AvgIpc) is 2.45. The molecule has 106 valence electrons. The number of carbonyl (C=O) groups is 1. The molecule has 0 saturated carbocycles. The van der Waals surface area contributed by atoms with Gasteiger partial charge in [0.15, 0.2) is 0 Å². The maximum absolute atomic E-state index is 12.7. The zero-order valence-corrected chi connectivity index (χ0v) is 11.8. The molecule has 4 nitrogen and oxygen atoms in total. The first kappa shape index (κ1) is 14.3. The highest BCUT2D eigenvalue weighted by atomic mass is 16.2. The van der Waals surface area contributed by atoms with E-state index in [0.29, 0.717) is 18.9 Å². The molecular weight excluding hydrogens is 240 g/mol. The number of aliphatic hydroxyl groups is 1. The van der Waals surface area contributed by atoms with Crippen LogP contribution in [-0.4, -0.2) is 47.4 Å². The summed E-state index contributed by atoms with van der Waals surface area (Å²) in [5, 5.41) is 8.94. The van der Waals surface area contributed by atoms with Gasteiger partial charge < -0.3 is 10.0 Å². The quantitative estimate of drug-likeness (QED) is 0.843. The Kier molecular flexibility index (Phi) is 5.14. The number of hydrogen-bond donors (Lipinski definition) is 1. The summed E-state index contributed by atoms with van der Waals surface area (Å²) in [5.41, 5.74) is 1.68. The Morgan fingerprint density at radius 2 is 2.37 bits per heavy atom. The molecule has 1 atom stereocenters. The second-order valence-electron chi connectivity index (χ2n) is 5.41. The highest BCUT2D eigenvalue weighted by molar-refractivity contribution is 6.21. The number of dihydropyridines is 1. The van der Waals surface area contributed by atoms with Gasteiger partial charge in [0.1, 0.15) is 0 Å². The summed E-state index contributed by atoms with van der Waals surface area (Å²) in [6.07, 6.45) is 7.69. The van der Waals surface area contributed by atoms with Crippen molar-refractivity contribution in [2.24, 2.45) is 4.99 Å². The molecule has 1 N–H and O–H groups in total. The Labute approximate surface area is 115 Å². The minimum atomic E-state index is 0.142. The van der Waals surface area contributed by atoms with Gasteiger partial charge in [0.25, 0.3) is 5.91 Å². The van der Waals surface area contributed by atoms with Crippen LogP contribution in [-0.2, 0) is 4.79 Å². The van der Waals surface area contributed by atoms with Crippen molar-refractivity contribution in [3.63, 3.8) is 0 Å². The Morgan fingerprint density at radius 1 is 1.53 bits per heavy atom. The first-order valence-corrected chi connectivity index (χ1v) is 7.39. The number of likely N-dealkylation sites (tertiary alicyclic amines) is 1. The fraction of sp³-hybridized carbons (Fsp3) is 0.733. The van der Waals surface area contributed by atoms with E-state index in [0.717, 1.165) is 43.6 Å². The molecule has 0 radical (unpaired) electrons. The maximum atomic E-state index is 12.7. The maximum Gasteiger partial charge on any atom is 0.255 e. The van der Waals surface area contributed by atoms with E-state index in [1.807, 2.05) is 11.0 Å². The van der Waals surface area contributed by atoms with Crippen LogP contribution in [0.1, 0.15) is 45.4 Å². The summed E-state index contributed by atoms with van der Waals surface area (Å²) < 4.78 is 0. The second kappa shape index (κ2) is 6.85. The summed E-state index contributed by atoms with van der Waals surface area (Å²) in [6.45, 7) is 3.92. The van der Waals surface area contributed by atoms with E-state index >= 15 is 0 Å². The topological polar surface area (TPSA) is 52.9 Å². The molecule has 2 rings (SSSR count). The highest BCUT2D eigenvalue weighted by Gasteiger charge is 2.28. The van der Waals surface area contributed by atoms with E-state index < -0.39 is 0 Å². The lowest BCUT2D eigenvalue weighted by atomic mass is 9.97. The predicted molar refractivity (Wildman–Crippen MR) is 76.3 cm³/mol. The summed E-state index contributed by atoms with van der Waals surface area (Å²) in [4.78, 5) is 19.1. The van der Waals surface area contributed by atoms with E-state index in [-0.39, 0.29) is 12.5 Å². The number of aliphatic imine (C=N–C) groups is 1. The van der Waals surface area contributed by atoms with Gasteiger partial charge in [0, 0.05) is 31.4 Å². The van der Waals surface area contributed by atoms with Gasteiger partial charge in [-0.25, -0.2) is 0 Å². The fourth-order valence-electron chi connectivity index (χ4n) is 2.84.